The summed E-state index contributed by atoms with van der Waals surface area (Å²) in [4.78, 5) is 15.0. The van der Waals surface area contributed by atoms with Crippen molar-refractivity contribution in [3.05, 3.63) is 337 Å². The summed E-state index contributed by atoms with van der Waals surface area (Å²) in [5.74, 6) is 0. The molecule has 0 bridgehead atoms. The van der Waals surface area contributed by atoms with E-state index in [1.54, 1.807) is 0 Å². The average molecular weight is 1290 g/mol. The number of anilines is 12. The third kappa shape index (κ3) is 9.70. The summed E-state index contributed by atoms with van der Waals surface area (Å²) in [6.07, 6.45) is 0. The summed E-state index contributed by atoms with van der Waals surface area (Å²) in [6.45, 7) is 13.5. The smallest absolute Gasteiger partial charge is 0.249 e. The fourth-order valence-corrected chi connectivity index (χ4v) is 19.5. The first-order valence-corrected chi connectivity index (χ1v) is 35.7. The molecular formula is C90H68B2N4S2. The Hall–Kier alpha value is -10.9. The highest BCUT2D eigenvalue weighted by Crippen LogP contribution is 2.56. The first-order chi connectivity index (χ1) is 48.1. The zero-order valence-electron chi connectivity index (χ0n) is 55.6. The quantitative estimate of drug-likeness (QED) is 0.119. The van der Waals surface area contributed by atoms with Crippen molar-refractivity contribution in [3.63, 3.8) is 0 Å². The van der Waals surface area contributed by atoms with Gasteiger partial charge in [0.2, 0.25) is 13.4 Å². The molecule has 4 aliphatic rings. The van der Waals surface area contributed by atoms with Crippen LogP contribution in [-0.4, -0.2) is 13.4 Å². The molecule has 0 aromatic heterocycles. The predicted molar refractivity (Wildman–Crippen MR) is 420 cm³/mol. The monoisotopic (exact) mass is 1290 g/mol. The number of nitrogens with zero attached hydrogens (tertiary/aromatic N) is 4. The van der Waals surface area contributed by atoms with Crippen LogP contribution in [0.3, 0.4) is 0 Å². The maximum atomic E-state index is 2.71. The number of fused-ring (bicyclic) bond motifs is 8. The zero-order chi connectivity index (χ0) is 65.9. The topological polar surface area (TPSA) is 13.0 Å². The molecule has 0 N–H and O–H groups in total. The first kappa shape index (κ1) is 59.6. The fraction of sp³-hybridized carbons (Fsp3) is 0.0667. The van der Waals surface area contributed by atoms with E-state index in [2.05, 4.69) is 364 Å². The largest absolute Gasteiger partial charge is 0.311 e. The lowest BCUT2D eigenvalue weighted by atomic mass is 9.31. The van der Waals surface area contributed by atoms with Crippen molar-refractivity contribution in [2.24, 2.45) is 0 Å². The van der Waals surface area contributed by atoms with Crippen molar-refractivity contribution in [2.75, 3.05) is 19.6 Å². The van der Waals surface area contributed by atoms with Crippen molar-refractivity contribution < 1.29 is 0 Å². The molecule has 0 amide bonds. The molecule has 4 nitrogen and oxygen atoms in total. The number of aryl methyl sites for hydroxylation is 6. The van der Waals surface area contributed by atoms with Gasteiger partial charge in [-0.1, -0.05) is 240 Å². The van der Waals surface area contributed by atoms with Crippen LogP contribution in [0.1, 0.15) is 33.4 Å². The van der Waals surface area contributed by atoms with E-state index in [1.807, 2.05) is 23.5 Å². The Morgan fingerprint density at radius 3 is 0.949 bits per heavy atom. The van der Waals surface area contributed by atoms with E-state index < -0.39 is 0 Å². The van der Waals surface area contributed by atoms with Gasteiger partial charge in [-0.05, 0) is 223 Å². The second-order valence-electron chi connectivity index (χ2n) is 26.7. The SMILES string of the molecule is Cc1cc(C)c(-c2cccc(-c3c(C)cc(C)cc3C)c2-c2c3c(cc4c2Sc2cc(N(c5ccccc5)c5ccccc5)cc5c2B4c2ccccc2N5c2ccccc2)B2c4ccccc4N(c4ccccc4)c4cc(N(c5ccccc5)c5ccccc5)cc(c42)S3)c(C)c1. The molecule has 14 aromatic rings. The van der Waals surface area contributed by atoms with Crippen molar-refractivity contribution in [1.29, 1.82) is 0 Å². The first-order valence-electron chi connectivity index (χ1n) is 34.0. The van der Waals surface area contributed by atoms with Crippen LogP contribution < -0.4 is 52.4 Å². The van der Waals surface area contributed by atoms with Crippen LogP contribution in [0.2, 0.25) is 0 Å². The summed E-state index contributed by atoms with van der Waals surface area (Å²) in [6, 6.07) is 114. The third-order valence-corrected chi connectivity index (χ3v) is 22.8. The maximum Gasteiger partial charge on any atom is 0.249 e. The lowest BCUT2D eigenvalue weighted by Crippen LogP contribution is -2.64. The van der Waals surface area contributed by atoms with Crippen LogP contribution in [0.25, 0.3) is 33.4 Å². The number of para-hydroxylation sites is 8. The minimum absolute atomic E-state index is 0.160. The van der Waals surface area contributed by atoms with Gasteiger partial charge in [0.05, 0.1) is 0 Å². The molecule has 18 rings (SSSR count). The van der Waals surface area contributed by atoms with Crippen molar-refractivity contribution in [2.45, 2.75) is 61.1 Å². The van der Waals surface area contributed by atoms with Gasteiger partial charge in [0.25, 0.3) is 0 Å². The lowest BCUT2D eigenvalue weighted by molar-refractivity contribution is 1.22. The molecule has 0 saturated carbocycles. The second kappa shape index (κ2) is 24.0. The second-order valence-corrected chi connectivity index (χ2v) is 28.8. The van der Waals surface area contributed by atoms with E-state index in [4.69, 9.17) is 0 Å². The number of hydrogen-bond donors (Lipinski definition) is 0. The molecule has 466 valence electrons. The lowest BCUT2D eigenvalue weighted by Gasteiger charge is -2.44. The predicted octanol–water partition coefficient (Wildman–Crippen LogP) is 21.0. The molecule has 4 aliphatic heterocycles. The minimum atomic E-state index is -0.160. The Bertz CT molecular complexity index is 5040. The van der Waals surface area contributed by atoms with E-state index in [0.717, 1.165) is 45.5 Å². The molecule has 0 atom stereocenters. The van der Waals surface area contributed by atoms with Gasteiger partial charge < -0.3 is 19.6 Å². The Balaban J connectivity index is 1.01. The summed E-state index contributed by atoms with van der Waals surface area (Å²) in [5, 5.41) is 0. The molecular weight excluding hydrogens is 1220 g/mol. The highest BCUT2D eigenvalue weighted by molar-refractivity contribution is 8.01. The summed E-state index contributed by atoms with van der Waals surface area (Å²) in [5.41, 5.74) is 36.6. The van der Waals surface area contributed by atoms with Crippen molar-refractivity contribution in [1.82, 2.24) is 0 Å². The zero-order valence-corrected chi connectivity index (χ0v) is 57.3. The van der Waals surface area contributed by atoms with E-state index in [9.17, 15) is 0 Å². The van der Waals surface area contributed by atoms with Crippen LogP contribution in [0.5, 0.6) is 0 Å². The Morgan fingerprint density at radius 2 is 0.592 bits per heavy atom. The van der Waals surface area contributed by atoms with Gasteiger partial charge in [-0.2, -0.15) is 0 Å². The highest BCUT2D eigenvalue weighted by Gasteiger charge is 2.48. The van der Waals surface area contributed by atoms with Gasteiger partial charge in [-0.3, -0.25) is 0 Å². The molecule has 0 radical (unpaired) electrons. The Kier molecular flexibility index (Phi) is 14.6. The van der Waals surface area contributed by atoms with E-state index >= 15 is 0 Å². The molecule has 14 aromatic carbocycles. The fourth-order valence-electron chi connectivity index (χ4n) is 16.8. The van der Waals surface area contributed by atoms with Gasteiger partial charge in [0.15, 0.2) is 0 Å². The highest BCUT2D eigenvalue weighted by atomic mass is 32.2. The molecule has 98 heavy (non-hydrogen) atoms. The summed E-state index contributed by atoms with van der Waals surface area (Å²) >= 11 is 3.95. The number of rotatable bonds is 11. The van der Waals surface area contributed by atoms with E-state index in [-0.39, 0.29) is 13.4 Å². The van der Waals surface area contributed by atoms with Crippen LogP contribution in [-0.2, 0) is 0 Å². The molecule has 0 aliphatic carbocycles. The summed E-state index contributed by atoms with van der Waals surface area (Å²) < 4.78 is 0. The van der Waals surface area contributed by atoms with Gasteiger partial charge in [-0.25, -0.2) is 0 Å². The van der Waals surface area contributed by atoms with Crippen LogP contribution >= 0.6 is 23.5 Å². The van der Waals surface area contributed by atoms with Crippen molar-refractivity contribution in [3.8, 4) is 33.4 Å². The average Bonchev–Trinajstić information content (AvgIpc) is 0.686. The van der Waals surface area contributed by atoms with E-state index in [1.165, 1.54) is 142 Å². The Morgan fingerprint density at radius 1 is 0.265 bits per heavy atom. The summed E-state index contributed by atoms with van der Waals surface area (Å²) in [7, 11) is 0. The Labute approximate surface area is 584 Å². The minimum Gasteiger partial charge on any atom is -0.311 e. The number of benzene rings is 14. The normalized spacial score (nSPS) is 12.8. The van der Waals surface area contributed by atoms with Gasteiger partial charge in [-0.15, -0.1) is 0 Å². The molecule has 8 heteroatoms. The van der Waals surface area contributed by atoms with Crippen LogP contribution in [0.15, 0.2) is 323 Å². The standard InChI is InChI=1S/C90H68B2N4S2/c1-57-48-59(3)83(60(4)49-57)71-42-29-43-72(84-61(5)50-58(2)51-62(84)6)85(71)86-89-75(91-73-44-25-27-46-77(73)95(67-38-21-11-22-39-67)79-52-69(54-81(97-89)87(79)91)93(63-30-13-7-14-31-63)64-32-15-8-16-33-64)56-76-90(86)98-82-55-70(94(65-34-17-9-18-35-65)66-36-19-10-20-37-66)53-80-88(82)92(76)74-45-26-28-47-78(74)96(80)68-40-23-12-24-41-68/h7-56H,1-6H3. The molecule has 4 heterocycles. The van der Waals surface area contributed by atoms with E-state index in [0.29, 0.717) is 0 Å². The number of hydrogen-bond acceptors (Lipinski definition) is 6. The van der Waals surface area contributed by atoms with Crippen LogP contribution in [0.4, 0.5) is 68.2 Å². The van der Waals surface area contributed by atoms with Crippen molar-refractivity contribution >= 4 is 138 Å². The molecule has 0 saturated heterocycles. The van der Waals surface area contributed by atoms with Crippen LogP contribution in [0, 0.1) is 41.5 Å². The molecule has 0 unspecified atom stereocenters. The van der Waals surface area contributed by atoms with Gasteiger partial charge in [0.1, 0.15) is 0 Å². The van der Waals surface area contributed by atoms with Gasteiger partial charge in [0, 0.05) is 93.4 Å². The molecule has 0 fully saturated rings. The third-order valence-electron chi connectivity index (χ3n) is 20.4. The molecule has 0 spiro atoms. The maximum absolute atomic E-state index is 2.71. The van der Waals surface area contributed by atoms with Gasteiger partial charge >= 0.3 is 0 Å².